The average molecular weight is 215 g/mol. The highest BCUT2D eigenvalue weighted by Crippen LogP contribution is 2.28. The lowest BCUT2D eigenvalue weighted by Gasteiger charge is -2.09. The van der Waals surface area contributed by atoms with Gasteiger partial charge in [-0.2, -0.15) is 4.98 Å². The van der Waals surface area contributed by atoms with Crippen molar-refractivity contribution < 1.29 is 0 Å². The van der Waals surface area contributed by atoms with Gasteiger partial charge in [0.15, 0.2) is 0 Å². The van der Waals surface area contributed by atoms with Crippen molar-refractivity contribution in [3.05, 3.63) is 30.0 Å². The molecule has 2 rings (SSSR count). The largest absolute Gasteiger partial charge is 0.399 e. The Labute approximate surface area is 93.3 Å². The van der Waals surface area contributed by atoms with E-state index in [0.717, 1.165) is 16.8 Å². The maximum absolute atomic E-state index is 5.83. The Morgan fingerprint density at radius 2 is 1.56 bits per heavy atom. The van der Waals surface area contributed by atoms with Gasteiger partial charge in [0.1, 0.15) is 5.82 Å². The number of nitrogen functional groups attached to an aromatic ring is 3. The third-order valence-corrected chi connectivity index (χ3v) is 2.33. The molecule has 0 radical (unpaired) electrons. The summed E-state index contributed by atoms with van der Waals surface area (Å²) in [7, 11) is 0. The average Bonchev–Trinajstić information content (AvgIpc) is 2.19. The second kappa shape index (κ2) is 3.69. The quantitative estimate of drug-likeness (QED) is 0.620. The Bertz CT molecular complexity index is 495. The van der Waals surface area contributed by atoms with Gasteiger partial charge in [-0.25, -0.2) is 4.98 Å². The van der Waals surface area contributed by atoms with Crippen LogP contribution in [0.3, 0.4) is 0 Å². The van der Waals surface area contributed by atoms with Crippen molar-refractivity contribution in [3.8, 4) is 11.1 Å². The van der Waals surface area contributed by atoms with Crippen LogP contribution in [0.1, 0.15) is 5.69 Å². The maximum atomic E-state index is 5.83. The van der Waals surface area contributed by atoms with E-state index in [1.54, 1.807) is 0 Å². The lowest BCUT2D eigenvalue weighted by Crippen LogP contribution is -2.04. The van der Waals surface area contributed by atoms with Crippen molar-refractivity contribution in [2.24, 2.45) is 0 Å². The van der Waals surface area contributed by atoms with Gasteiger partial charge in [-0.15, -0.1) is 0 Å². The molecule has 0 spiro atoms. The van der Waals surface area contributed by atoms with Gasteiger partial charge < -0.3 is 17.2 Å². The summed E-state index contributed by atoms with van der Waals surface area (Å²) in [6.45, 7) is 1.85. The maximum Gasteiger partial charge on any atom is 0.222 e. The van der Waals surface area contributed by atoms with E-state index in [1.165, 1.54) is 0 Å². The zero-order chi connectivity index (χ0) is 11.7. The highest BCUT2D eigenvalue weighted by atomic mass is 15.0. The Kier molecular flexibility index (Phi) is 2.36. The number of anilines is 3. The number of hydrogen-bond acceptors (Lipinski definition) is 5. The summed E-state index contributed by atoms with van der Waals surface area (Å²) in [5.74, 6) is 0.573. The van der Waals surface area contributed by atoms with Crippen molar-refractivity contribution in [2.75, 3.05) is 17.2 Å². The second-order valence-corrected chi connectivity index (χ2v) is 3.55. The van der Waals surface area contributed by atoms with Crippen LogP contribution in [0.4, 0.5) is 17.5 Å². The zero-order valence-electron chi connectivity index (χ0n) is 8.94. The predicted molar refractivity (Wildman–Crippen MR) is 65.4 cm³/mol. The molecule has 0 saturated heterocycles. The highest BCUT2D eigenvalue weighted by Gasteiger charge is 2.09. The number of nitrogens with two attached hydrogens (primary N) is 3. The number of hydrogen-bond donors (Lipinski definition) is 3. The van der Waals surface area contributed by atoms with Gasteiger partial charge in [-0.3, -0.25) is 0 Å². The Morgan fingerprint density at radius 1 is 0.938 bits per heavy atom. The van der Waals surface area contributed by atoms with E-state index in [0.29, 0.717) is 11.5 Å². The molecule has 0 saturated carbocycles. The summed E-state index contributed by atoms with van der Waals surface area (Å²) in [6, 6.07) is 7.39. The van der Waals surface area contributed by atoms with Crippen LogP contribution in [-0.4, -0.2) is 9.97 Å². The predicted octanol–water partition coefficient (Wildman–Crippen LogP) is 1.20. The van der Waals surface area contributed by atoms with Gasteiger partial charge in [-0.1, -0.05) is 12.1 Å². The first-order chi connectivity index (χ1) is 7.58. The molecule has 0 atom stereocenters. The van der Waals surface area contributed by atoms with Crippen LogP contribution >= 0.6 is 0 Å². The summed E-state index contributed by atoms with van der Waals surface area (Å²) in [5, 5.41) is 0. The third kappa shape index (κ3) is 1.75. The van der Waals surface area contributed by atoms with Gasteiger partial charge in [0.25, 0.3) is 0 Å². The summed E-state index contributed by atoms with van der Waals surface area (Å²) in [6.07, 6.45) is 0. The second-order valence-electron chi connectivity index (χ2n) is 3.55. The molecular formula is C11H13N5. The molecule has 1 aromatic carbocycles. The molecule has 1 heterocycles. The van der Waals surface area contributed by atoms with Gasteiger partial charge in [0.2, 0.25) is 5.95 Å². The van der Waals surface area contributed by atoms with E-state index < -0.39 is 0 Å². The molecule has 0 aliphatic heterocycles. The lowest BCUT2D eigenvalue weighted by atomic mass is 10.0. The van der Waals surface area contributed by atoms with E-state index in [4.69, 9.17) is 17.2 Å². The van der Waals surface area contributed by atoms with Crippen LogP contribution in [-0.2, 0) is 0 Å². The zero-order valence-corrected chi connectivity index (χ0v) is 8.94. The molecule has 0 unspecified atom stereocenters. The first kappa shape index (κ1) is 10.2. The topological polar surface area (TPSA) is 104 Å². The Morgan fingerprint density at radius 3 is 2.12 bits per heavy atom. The first-order valence-electron chi connectivity index (χ1n) is 4.83. The van der Waals surface area contributed by atoms with Crippen LogP contribution in [0.15, 0.2) is 24.3 Å². The number of aromatic nitrogens is 2. The van der Waals surface area contributed by atoms with Crippen LogP contribution < -0.4 is 17.2 Å². The van der Waals surface area contributed by atoms with Crippen LogP contribution in [0, 0.1) is 6.92 Å². The molecule has 6 N–H and O–H groups in total. The van der Waals surface area contributed by atoms with Crippen molar-refractivity contribution in [1.29, 1.82) is 0 Å². The number of rotatable bonds is 1. The third-order valence-electron chi connectivity index (χ3n) is 2.33. The minimum Gasteiger partial charge on any atom is -0.399 e. The van der Waals surface area contributed by atoms with Gasteiger partial charge in [0, 0.05) is 11.3 Å². The summed E-state index contributed by atoms with van der Waals surface area (Å²) in [4.78, 5) is 8.04. The van der Waals surface area contributed by atoms with Crippen molar-refractivity contribution in [1.82, 2.24) is 9.97 Å². The summed E-state index contributed by atoms with van der Waals surface area (Å²) < 4.78 is 0. The molecule has 0 aliphatic rings. The molecule has 0 aliphatic carbocycles. The molecule has 5 nitrogen and oxygen atoms in total. The monoisotopic (exact) mass is 215 g/mol. The molecule has 0 fully saturated rings. The van der Waals surface area contributed by atoms with E-state index in [1.807, 2.05) is 31.2 Å². The smallest absolute Gasteiger partial charge is 0.222 e. The molecule has 2 aromatic rings. The fraction of sp³-hybridized carbons (Fsp3) is 0.0909. The Balaban J connectivity index is 2.60. The molecule has 0 amide bonds. The standard InChI is InChI=1S/C11H13N5/c1-6-9(10(13)16-11(14)15-6)7-2-4-8(12)5-3-7/h2-5H,12H2,1H3,(H4,13,14,15,16). The van der Waals surface area contributed by atoms with Crippen molar-refractivity contribution >= 4 is 17.5 Å². The van der Waals surface area contributed by atoms with Crippen LogP contribution in [0.25, 0.3) is 11.1 Å². The minimum atomic E-state index is 0.189. The van der Waals surface area contributed by atoms with Crippen LogP contribution in [0.5, 0.6) is 0 Å². The van der Waals surface area contributed by atoms with Gasteiger partial charge in [-0.05, 0) is 24.6 Å². The fourth-order valence-electron chi connectivity index (χ4n) is 1.62. The SMILES string of the molecule is Cc1nc(N)nc(N)c1-c1ccc(N)cc1. The fourth-order valence-corrected chi connectivity index (χ4v) is 1.62. The number of benzene rings is 1. The molecule has 0 bridgehead atoms. The molecule has 5 heteroatoms. The van der Waals surface area contributed by atoms with Crippen LogP contribution in [0.2, 0.25) is 0 Å². The Hall–Kier alpha value is -2.30. The lowest BCUT2D eigenvalue weighted by molar-refractivity contribution is 1.13. The van der Waals surface area contributed by atoms with E-state index in [9.17, 15) is 0 Å². The van der Waals surface area contributed by atoms with Gasteiger partial charge in [0.05, 0.1) is 5.69 Å². The minimum absolute atomic E-state index is 0.189. The van der Waals surface area contributed by atoms with Crippen molar-refractivity contribution in [2.45, 2.75) is 6.92 Å². The molecule has 1 aromatic heterocycles. The highest BCUT2D eigenvalue weighted by molar-refractivity contribution is 5.77. The summed E-state index contributed by atoms with van der Waals surface area (Å²) >= 11 is 0. The van der Waals surface area contributed by atoms with Crippen molar-refractivity contribution in [3.63, 3.8) is 0 Å². The number of aryl methyl sites for hydroxylation is 1. The molecular weight excluding hydrogens is 202 g/mol. The normalized spacial score (nSPS) is 10.3. The number of nitrogens with zero attached hydrogens (tertiary/aromatic N) is 2. The summed E-state index contributed by atoms with van der Waals surface area (Å²) in [5.41, 5.74) is 20.2. The van der Waals surface area contributed by atoms with E-state index in [-0.39, 0.29) is 5.95 Å². The van der Waals surface area contributed by atoms with E-state index >= 15 is 0 Å². The van der Waals surface area contributed by atoms with Gasteiger partial charge >= 0.3 is 0 Å². The van der Waals surface area contributed by atoms with E-state index in [2.05, 4.69) is 9.97 Å². The molecule has 16 heavy (non-hydrogen) atoms. The first-order valence-corrected chi connectivity index (χ1v) is 4.83. The molecule has 82 valence electrons.